The molecule has 1 fully saturated rings. The highest BCUT2D eigenvalue weighted by Gasteiger charge is 2.39. The molecule has 2 aliphatic carbocycles. The van der Waals surface area contributed by atoms with Crippen LogP contribution in [-0.2, 0) is 11.8 Å². The van der Waals surface area contributed by atoms with Gasteiger partial charge in [-0.3, -0.25) is 5.10 Å². The fraction of sp³-hybridized carbons (Fsp3) is 0.280. The predicted molar refractivity (Wildman–Crippen MR) is 119 cm³/mol. The third kappa shape index (κ3) is 3.28. The van der Waals surface area contributed by atoms with E-state index in [-0.39, 0.29) is 5.41 Å². The summed E-state index contributed by atoms with van der Waals surface area (Å²) in [6.45, 7) is 0. The number of ether oxygens (including phenoxy) is 2. The molecule has 0 radical (unpaired) electrons. The van der Waals surface area contributed by atoms with E-state index in [0.717, 1.165) is 52.4 Å². The van der Waals surface area contributed by atoms with E-state index in [1.807, 2.05) is 24.3 Å². The van der Waals surface area contributed by atoms with Crippen LogP contribution in [0.5, 0.6) is 11.5 Å². The zero-order chi connectivity index (χ0) is 21.4. The first-order chi connectivity index (χ1) is 15.2. The van der Waals surface area contributed by atoms with Crippen LogP contribution in [-0.4, -0.2) is 35.3 Å². The highest BCUT2D eigenvalue weighted by molar-refractivity contribution is 6.04. The van der Waals surface area contributed by atoms with E-state index in [4.69, 9.17) is 9.47 Å². The van der Waals surface area contributed by atoms with Crippen molar-refractivity contribution < 1.29 is 14.7 Å². The minimum atomic E-state index is -0.370. The van der Waals surface area contributed by atoms with E-state index >= 15 is 0 Å². The number of H-pyrrole nitrogens is 1. The predicted octanol–water partition coefficient (Wildman–Crippen LogP) is 4.57. The highest BCUT2D eigenvalue weighted by Crippen LogP contribution is 2.43. The SMILES string of the molecule is COc1ccc(C2(c3ccc(OC)cc3)C=Cc3c(C(=NO)C4CC4)n[nH]c3C2)cc1. The molecule has 31 heavy (non-hydrogen) atoms. The molecule has 0 saturated heterocycles. The third-order valence-corrected chi connectivity index (χ3v) is 6.40. The van der Waals surface area contributed by atoms with Gasteiger partial charge in [-0.05, 0) is 48.2 Å². The van der Waals surface area contributed by atoms with E-state index in [9.17, 15) is 5.21 Å². The van der Waals surface area contributed by atoms with Crippen LogP contribution in [0.2, 0.25) is 0 Å². The fourth-order valence-electron chi connectivity index (χ4n) is 4.48. The summed E-state index contributed by atoms with van der Waals surface area (Å²) in [7, 11) is 3.35. The van der Waals surface area contributed by atoms with E-state index in [2.05, 4.69) is 51.8 Å². The van der Waals surface area contributed by atoms with Crippen molar-refractivity contribution in [3.63, 3.8) is 0 Å². The van der Waals surface area contributed by atoms with Crippen molar-refractivity contribution >= 4 is 11.8 Å². The molecule has 6 heteroatoms. The number of methoxy groups -OCH3 is 2. The van der Waals surface area contributed by atoms with E-state index < -0.39 is 0 Å². The molecule has 0 atom stereocenters. The van der Waals surface area contributed by atoms with Gasteiger partial charge in [-0.25, -0.2) is 0 Å². The molecule has 158 valence electrons. The van der Waals surface area contributed by atoms with Crippen molar-refractivity contribution in [1.82, 2.24) is 10.2 Å². The zero-order valence-corrected chi connectivity index (χ0v) is 17.6. The van der Waals surface area contributed by atoms with Crippen molar-refractivity contribution in [1.29, 1.82) is 0 Å². The maximum atomic E-state index is 9.55. The van der Waals surface area contributed by atoms with Gasteiger partial charge < -0.3 is 14.7 Å². The van der Waals surface area contributed by atoms with Gasteiger partial charge in [-0.1, -0.05) is 41.6 Å². The minimum absolute atomic E-state index is 0.306. The first kappa shape index (κ1) is 19.4. The van der Waals surface area contributed by atoms with E-state index in [0.29, 0.717) is 18.1 Å². The summed E-state index contributed by atoms with van der Waals surface area (Å²) in [6.07, 6.45) is 7.16. The number of hydrogen-bond acceptors (Lipinski definition) is 5. The van der Waals surface area contributed by atoms with E-state index in [1.54, 1.807) is 14.2 Å². The molecule has 0 amide bonds. The van der Waals surface area contributed by atoms with E-state index in [1.165, 1.54) is 0 Å². The summed E-state index contributed by atoms with van der Waals surface area (Å²) >= 11 is 0. The zero-order valence-electron chi connectivity index (χ0n) is 17.6. The lowest BCUT2D eigenvalue weighted by Gasteiger charge is -2.34. The Kier molecular flexibility index (Phi) is 4.77. The number of aromatic amines is 1. The maximum absolute atomic E-state index is 9.55. The number of fused-ring (bicyclic) bond motifs is 1. The summed E-state index contributed by atoms with van der Waals surface area (Å²) < 4.78 is 10.7. The number of hydrogen-bond donors (Lipinski definition) is 2. The standard InChI is InChI=1S/C25H25N3O3/c1-30-19-9-5-17(6-10-19)25(18-7-11-20(31-2)12-8-18)14-13-21-22(15-25)26-27-24(21)23(28-29)16-3-4-16/h5-14,16,29H,3-4,15H2,1-2H3,(H,26,27). The van der Waals surface area contributed by atoms with Crippen molar-refractivity contribution in [2.75, 3.05) is 14.2 Å². The van der Waals surface area contributed by atoms with Crippen LogP contribution in [0.1, 0.15) is 40.9 Å². The second kappa shape index (κ2) is 7.61. The fourth-order valence-corrected chi connectivity index (χ4v) is 4.48. The van der Waals surface area contributed by atoms with Gasteiger partial charge in [0.2, 0.25) is 0 Å². The number of aromatic nitrogens is 2. The van der Waals surface area contributed by atoms with Gasteiger partial charge in [0.15, 0.2) is 0 Å². The number of benzene rings is 2. The molecule has 2 aliphatic rings. The maximum Gasteiger partial charge on any atom is 0.118 e. The normalized spacial score (nSPS) is 17.3. The average molecular weight is 415 g/mol. The summed E-state index contributed by atoms with van der Waals surface area (Å²) in [6, 6.07) is 16.4. The Hall–Kier alpha value is -3.54. The Morgan fingerprint density at radius 2 is 1.58 bits per heavy atom. The largest absolute Gasteiger partial charge is 0.497 e. The van der Waals surface area contributed by atoms with Gasteiger partial charge in [0.1, 0.15) is 22.9 Å². The summed E-state index contributed by atoms with van der Waals surface area (Å²) in [4.78, 5) is 0. The number of rotatable bonds is 6. The Labute approximate surface area is 181 Å². The quantitative estimate of drug-likeness (QED) is 0.351. The summed E-state index contributed by atoms with van der Waals surface area (Å²) in [5.41, 5.74) is 5.44. The lowest BCUT2D eigenvalue weighted by molar-refractivity contribution is 0.317. The monoisotopic (exact) mass is 415 g/mol. The second-order valence-corrected chi connectivity index (χ2v) is 8.16. The highest BCUT2D eigenvalue weighted by atomic mass is 16.5. The van der Waals surface area contributed by atoms with Crippen molar-refractivity contribution in [2.24, 2.45) is 11.1 Å². The molecule has 0 aliphatic heterocycles. The van der Waals surface area contributed by atoms with Crippen molar-refractivity contribution in [3.05, 3.63) is 82.7 Å². The number of nitrogens with one attached hydrogen (secondary N) is 1. The molecule has 2 N–H and O–H groups in total. The number of allylic oxidation sites excluding steroid dienone is 1. The molecular formula is C25H25N3O3. The third-order valence-electron chi connectivity index (χ3n) is 6.40. The lowest BCUT2D eigenvalue weighted by Crippen LogP contribution is -2.30. The molecule has 2 aromatic carbocycles. The van der Waals surface area contributed by atoms with Gasteiger partial charge in [-0.15, -0.1) is 0 Å². The van der Waals surface area contributed by atoms with Crippen LogP contribution in [0.15, 0.2) is 59.8 Å². The first-order valence-corrected chi connectivity index (χ1v) is 10.5. The van der Waals surface area contributed by atoms with Gasteiger partial charge in [0.25, 0.3) is 0 Å². The summed E-state index contributed by atoms with van der Waals surface area (Å²) in [5, 5.41) is 20.9. The first-order valence-electron chi connectivity index (χ1n) is 10.5. The van der Waals surface area contributed by atoms with Crippen LogP contribution >= 0.6 is 0 Å². The number of nitrogens with zero attached hydrogens (tertiary/aromatic N) is 2. The minimum Gasteiger partial charge on any atom is -0.497 e. The van der Waals surface area contributed by atoms with Gasteiger partial charge in [0.05, 0.1) is 14.2 Å². The Morgan fingerprint density at radius 1 is 1.00 bits per heavy atom. The van der Waals surface area contributed by atoms with Crippen molar-refractivity contribution in [3.8, 4) is 11.5 Å². The molecule has 0 spiro atoms. The summed E-state index contributed by atoms with van der Waals surface area (Å²) in [5.74, 6) is 1.96. The molecule has 6 nitrogen and oxygen atoms in total. The molecule has 0 bridgehead atoms. The molecule has 1 aromatic heterocycles. The Morgan fingerprint density at radius 3 is 2.06 bits per heavy atom. The van der Waals surface area contributed by atoms with Crippen LogP contribution in [0, 0.1) is 5.92 Å². The van der Waals surface area contributed by atoms with Gasteiger partial charge in [0, 0.05) is 29.0 Å². The van der Waals surface area contributed by atoms with Gasteiger partial charge >= 0.3 is 0 Å². The molecule has 5 rings (SSSR count). The lowest BCUT2D eigenvalue weighted by atomic mass is 9.68. The molecule has 1 saturated carbocycles. The molecule has 3 aromatic rings. The van der Waals surface area contributed by atoms with Crippen molar-refractivity contribution in [2.45, 2.75) is 24.7 Å². The smallest absolute Gasteiger partial charge is 0.118 e. The van der Waals surface area contributed by atoms with Crippen LogP contribution in [0.3, 0.4) is 0 Å². The Bertz CT molecular complexity index is 1090. The topological polar surface area (TPSA) is 79.7 Å². The number of oxime groups is 1. The molecule has 1 heterocycles. The second-order valence-electron chi connectivity index (χ2n) is 8.16. The van der Waals surface area contributed by atoms with Crippen LogP contribution in [0.25, 0.3) is 6.08 Å². The van der Waals surface area contributed by atoms with Crippen LogP contribution in [0.4, 0.5) is 0 Å². The van der Waals surface area contributed by atoms with Crippen LogP contribution < -0.4 is 9.47 Å². The van der Waals surface area contributed by atoms with Gasteiger partial charge in [-0.2, -0.15) is 5.10 Å². The average Bonchev–Trinajstić information content (AvgIpc) is 3.59. The molecular weight excluding hydrogens is 390 g/mol. The Balaban J connectivity index is 1.61. The molecule has 0 unspecified atom stereocenters.